The standard InChI is InChI=1S/C32H29N3O4S/c1-22-8-6-7-11-24(22)20-29(35-31(37)23-9-4-3-5-10-23)32(38)34-26-14-18-28(19-15-26)40-21-30(36)33-25-12-16-27(39-2)17-13-25/h3-20H,21H2,1-2H3,(H,33,36)(H,34,38)(H,35,37)/b29-20-. The molecule has 0 aliphatic rings. The Morgan fingerprint density at radius 3 is 2.08 bits per heavy atom. The highest BCUT2D eigenvalue weighted by molar-refractivity contribution is 8.00. The molecule has 0 fully saturated rings. The van der Waals surface area contributed by atoms with E-state index >= 15 is 0 Å². The van der Waals surface area contributed by atoms with E-state index in [0.29, 0.717) is 16.9 Å². The summed E-state index contributed by atoms with van der Waals surface area (Å²) >= 11 is 1.38. The lowest BCUT2D eigenvalue weighted by Crippen LogP contribution is -2.30. The Morgan fingerprint density at radius 1 is 0.775 bits per heavy atom. The van der Waals surface area contributed by atoms with E-state index in [1.54, 1.807) is 73.8 Å². The number of benzene rings is 4. The minimum absolute atomic E-state index is 0.122. The lowest BCUT2D eigenvalue weighted by Gasteiger charge is -2.12. The molecule has 4 rings (SSSR count). The molecule has 4 aromatic rings. The maximum atomic E-state index is 13.2. The SMILES string of the molecule is COc1ccc(NC(=O)CSc2ccc(NC(=O)/C(=C/c3ccccc3C)NC(=O)c3ccccc3)cc2)cc1. The van der Waals surface area contributed by atoms with Gasteiger partial charge in [-0.2, -0.15) is 0 Å². The number of rotatable bonds is 10. The van der Waals surface area contributed by atoms with Crippen LogP contribution in [0, 0.1) is 6.92 Å². The van der Waals surface area contributed by atoms with E-state index in [9.17, 15) is 14.4 Å². The molecule has 0 radical (unpaired) electrons. The maximum Gasteiger partial charge on any atom is 0.272 e. The number of carbonyl (C=O) groups excluding carboxylic acids is 3. The normalized spacial score (nSPS) is 10.9. The first-order valence-electron chi connectivity index (χ1n) is 12.5. The minimum Gasteiger partial charge on any atom is -0.497 e. The number of hydrogen-bond donors (Lipinski definition) is 3. The fraction of sp³-hybridized carbons (Fsp3) is 0.0938. The molecule has 3 amide bonds. The summed E-state index contributed by atoms with van der Waals surface area (Å²) in [6.07, 6.45) is 1.66. The van der Waals surface area contributed by atoms with Crippen LogP contribution < -0.4 is 20.7 Å². The zero-order valence-corrected chi connectivity index (χ0v) is 23.0. The third-order valence-electron chi connectivity index (χ3n) is 5.87. The van der Waals surface area contributed by atoms with Crippen molar-refractivity contribution in [3.05, 3.63) is 126 Å². The van der Waals surface area contributed by atoms with Crippen LogP contribution in [-0.4, -0.2) is 30.6 Å². The first-order valence-corrected chi connectivity index (χ1v) is 13.5. The van der Waals surface area contributed by atoms with Gasteiger partial charge in [-0.05, 0) is 84.8 Å². The van der Waals surface area contributed by atoms with Gasteiger partial charge in [-0.3, -0.25) is 14.4 Å². The molecule has 8 heteroatoms. The van der Waals surface area contributed by atoms with E-state index in [1.807, 2.05) is 49.4 Å². The second kappa shape index (κ2) is 13.8. The van der Waals surface area contributed by atoms with E-state index in [0.717, 1.165) is 21.8 Å². The van der Waals surface area contributed by atoms with Crippen molar-refractivity contribution in [3.8, 4) is 5.75 Å². The smallest absolute Gasteiger partial charge is 0.272 e. The molecule has 0 aliphatic heterocycles. The molecule has 202 valence electrons. The van der Waals surface area contributed by atoms with Crippen molar-refractivity contribution in [2.24, 2.45) is 0 Å². The Balaban J connectivity index is 1.39. The van der Waals surface area contributed by atoms with Crippen molar-refractivity contribution < 1.29 is 19.1 Å². The van der Waals surface area contributed by atoms with Crippen molar-refractivity contribution >= 4 is 46.9 Å². The molecule has 0 aromatic heterocycles. The van der Waals surface area contributed by atoms with E-state index in [-0.39, 0.29) is 23.3 Å². The van der Waals surface area contributed by atoms with Crippen LogP contribution in [-0.2, 0) is 9.59 Å². The van der Waals surface area contributed by atoms with Gasteiger partial charge in [-0.15, -0.1) is 11.8 Å². The second-order valence-corrected chi connectivity index (χ2v) is 9.83. The summed E-state index contributed by atoms with van der Waals surface area (Å²) in [6, 6.07) is 30.6. The Kier molecular flexibility index (Phi) is 9.74. The minimum atomic E-state index is -0.452. The number of nitrogens with one attached hydrogen (secondary N) is 3. The first-order chi connectivity index (χ1) is 19.4. The van der Waals surface area contributed by atoms with Gasteiger partial charge in [0, 0.05) is 21.8 Å². The van der Waals surface area contributed by atoms with Gasteiger partial charge < -0.3 is 20.7 Å². The molecule has 0 bridgehead atoms. The number of amides is 3. The molecular weight excluding hydrogens is 522 g/mol. The van der Waals surface area contributed by atoms with Gasteiger partial charge in [-0.1, -0.05) is 42.5 Å². The van der Waals surface area contributed by atoms with Crippen molar-refractivity contribution in [3.63, 3.8) is 0 Å². The summed E-state index contributed by atoms with van der Waals surface area (Å²) in [4.78, 5) is 39.3. The average molecular weight is 552 g/mol. The molecule has 0 saturated heterocycles. The Morgan fingerprint density at radius 2 is 1.40 bits per heavy atom. The Bertz CT molecular complexity index is 1500. The molecule has 3 N–H and O–H groups in total. The summed E-state index contributed by atoms with van der Waals surface area (Å²) in [5, 5.41) is 8.46. The fourth-order valence-corrected chi connectivity index (χ4v) is 4.40. The molecule has 0 heterocycles. The number of aryl methyl sites for hydroxylation is 1. The zero-order valence-electron chi connectivity index (χ0n) is 22.1. The van der Waals surface area contributed by atoms with E-state index in [2.05, 4.69) is 16.0 Å². The largest absolute Gasteiger partial charge is 0.497 e. The number of carbonyl (C=O) groups is 3. The molecule has 40 heavy (non-hydrogen) atoms. The maximum absolute atomic E-state index is 13.2. The number of methoxy groups -OCH3 is 1. The van der Waals surface area contributed by atoms with Crippen LogP contribution in [0.15, 0.2) is 114 Å². The van der Waals surface area contributed by atoms with Gasteiger partial charge in [-0.25, -0.2) is 0 Å². The highest BCUT2D eigenvalue weighted by atomic mass is 32.2. The number of anilines is 2. The number of ether oxygens (including phenoxy) is 1. The van der Waals surface area contributed by atoms with Gasteiger partial charge >= 0.3 is 0 Å². The van der Waals surface area contributed by atoms with Gasteiger partial charge in [0.25, 0.3) is 11.8 Å². The highest BCUT2D eigenvalue weighted by Gasteiger charge is 2.15. The molecule has 0 spiro atoms. The van der Waals surface area contributed by atoms with Crippen molar-refractivity contribution in [1.29, 1.82) is 0 Å². The van der Waals surface area contributed by atoms with Gasteiger partial charge in [0.2, 0.25) is 5.91 Å². The molecule has 0 atom stereocenters. The fourth-order valence-electron chi connectivity index (χ4n) is 3.70. The van der Waals surface area contributed by atoms with Crippen LogP contribution >= 0.6 is 11.8 Å². The lowest BCUT2D eigenvalue weighted by atomic mass is 10.1. The van der Waals surface area contributed by atoms with Crippen molar-refractivity contribution in [2.45, 2.75) is 11.8 Å². The van der Waals surface area contributed by atoms with E-state index in [1.165, 1.54) is 11.8 Å². The zero-order chi connectivity index (χ0) is 28.3. The highest BCUT2D eigenvalue weighted by Crippen LogP contribution is 2.22. The topological polar surface area (TPSA) is 96.5 Å². The monoisotopic (exact) mass is 551 g/mol. The quantitative estimate of drug-likeness (QED) is 0.162. The molecule has 0 aliphatic carbocycles. The van der Waals surface area contributed by atoms with Crippen LogP contribution in [0.2, 0.25) is 0 Å². The number of hydrogen-bond acceptors (Lipinski definition) is 5. The van der Waals surface area contributed by atoms with Crippen molar-refractivity contribution in [1.82, 2.24) is 5.32 Å². The summed E-state index contributed by atoms with van der Waals surface area (Å²) in [6.45, 7) is 1.94. The van der Waals surface area contributed by atoms with Crippen LogP contribution in [0.5, 0.6) is 5.75 Å². The molecule has 4 aromatic carbocycles. The number of thioether (sulfide) groups is 1. The molecule has 7 nitrogen and oxygen atoms in total. The third-order valence-corrected chi connectivity index (χ3v) is 6.89. The molecular formula is C32H29N3O4S. The van der Waals surface area contributed by atoms with Crippen molar-refractivity contribution in [2.75, 3.05) is 23.5 Å². The van der Waals surface area contributed by atoms with E-state index < -0.39 is 5.91 Å². The summed E-state index contributed by atoms with van der Waals surface area (Å²) < 4.78 is 5.13. The van der Waals surface area contributed by atoms with E-state index in [4.69, 9.17) is 4.74 Å². The van der Waals surface area contributed by atoms with Crippen LogP contribution in [0.3, 0.4) is 0 Å². The predicted molar refractivity (Wildman–Crippen MR) is 160 cm³/mol. The van der Waals surface area contributed by atoms with Crippen LogP contribution in [0.1, 0.15) is 21.5 Å². The van der Waals surface area contributed by atoms with Gasteiger partial charge in [0.05, 0.1) is 12.9 Å². The third kappa shape index (κ3) is 8.09. The average Bonchev–Trinajstić information content (AvgIpc) is 2.98. The van der Waals surface area contributed by atoms with Crippen LogP contribution in [0.25, 0.3) is 6.08 Å². The first kappa shape index (κ1) is 28.2. The second-order valence-electron chi connectivity index (χ2n) is 8.78. The molecule has 0 unspecified atom stereocenters. The summed E-state index contributed by atoms with van der Waals surface area (Å²) in [5.41, 5.74) is 3.61. The van der Waals surface area contributed by atoms with Crippen LogP contribution in [0.4, 0.5) is 11.4 Å². The van der Waals surface area contributed by atoms with Gasteiger partial charge in [0.15, 0.2) is 0 Å². The van der Waals surface area contributed by atoms with Gasteiger partial charge in [0.1, 0.15) is 11.4 Å². The predicted octanol–water partition coefficient (Wildman–Crippen LogP) is 6.14. The molecule has 0 saturated carbocycles. The Hall–Kier alpha value is -4.82. The Labute approximate surface area is 237 Å². The lowest BCUT2D eigenvalue weighted by molar-refractivity contribution is -0.114. The summed E-state index contributed by atoms with van der Waals surface area (Å²) in [7, 11) is 1.59. The summed E-state index contributed by atoms with van der Waals surface area (Å²) in [5.74, 6) is -0.0160.